The minimum Gasteiger partial charge on any atom is -0.476 e. The van der Waals surface area contributed by atoms with Gasteiger partial charge in [0.1, 0.15) is 18.8 Å². The second-order valence-corrected chi connectivity index (χ2v) is 5.26. The molecule has 0 radical (unpaired) electrons. The third-order valence-electron chi connectivity index (χ3n) is 3.74. The summed E-state index contributed by atoms with van der Waals surface area (Å²) in [6.07, 6.45) is 7.58. The highest BCUT2D eigenvalue weighted by Crippen LogP contribution is 2.23. The van der Waals surface area contributed by atoms with E-state index < -0.39 is 0 Å². The van der Waals surface area contributed by atoms with E-state index in [2.05, 4.69) is 27.1 Å². The van der Waals surface area contributed by atoms with Crippen molar-refractivity contribution in [2.75, 3.05) is 38.6 Å². The largest absolute Gasteiger partial charge is 0.476 e. The van der Waals surface area contributed by atoms with Crippen molar-refractivity contribution in [2.24, 2.45) is 0 Å². The van der Waals surface area contributed by atoms with Gasteiger partial charge in [-0.15, -0.1) is 0 Å². The van der Waals surface area contributed by atoms with Crippen LogP contribution in [0, 0.1) is 0 Å². The van der Waals surface area contributed by atoms with Crippen molar-refractivity contribution in [3.05, 3.63) is 11.9 Å². The lowest BCUT2D eigenvalue weighted by molar-refractivity contribution is 0.179. The van der Waals surface area contributed by atoms with Crippen LogP contribution in [0.25, 0.3) is 0 Å². The first kappa shape index (κ1) is 15.0. The lowest BCUT2D eigenvalue weighted by Gasteiger charge is -2.26. The quantitative estimate of drug-likeness (QED) is 0.829. The van der Waals surface area contributed by atoms with Gasteiger partial charge in [0.2, 0.25) is 5.88 Å². The molecule has 1 aromatic heterocycles. The average Bonchev–Trinajstić information content (AvgIpc) is 2.50. The maximum atomic E-state index is 5.90. The molecule has 2 rings (SSSR count). The molecule has 0 aliphatic carbocycles. The number of hydrogen-bond acceptors (Lipinski definition) is 5. The first-order valence-corrected chi connectivity index (χ1v) is 7.72. The molecule has 0 atom stereocenters. The number of aromatic nitrogens is 2. The van der Waals surface area contributed by atoms with Crippen LogP contribution >= 0.6 is 0 Å². The lowest BCUT2D eigenvalue weighted by atomic mass is 10.1. The minimum atomic E-state index is 0.705. The molecule has 0 bridgehead atoms. The highest BCUT2D eigenvalue weighted by molar-refractivity contribution is 5.48. The fraction of sp³-hybridized carbons (Fsp3) is 0.733. The lowest BCUT2D eigenvalue weighted by Crippen LogP contribution is -2.33. The van der Waals surface area contributed by atoms with Crippen molar-refractivity contribution in [1.29, 1.82) is 0 Å². The van der Waals surface area contributed by atoms with Crippen LogP contribution in [-0.4, -0.2) is 48.2 Å². The number of ether oxygens (including phenoxy) is 1. The van der Waals surface area contributed by atoms with Crippen molar-refractivity contribution >= 4 is 5.82 Å². The van der Waals surface area contributed by atoms with Crippen molar-refractivity contribution in [3.8, 4) is 5.88 Å². The van der Waals surface area contributed by atoms with E-state index in [-0.39, 0.29) is 0 Å². The van der Waals surface area contributed by atoms with E-state index in [0.717, 1.165) is 36.6 Å². The molecule has 1 fully saturated rings. The molecule has 112 valence electrons. The highest BCUT2D eigenvalue weighted by Gasteiger charge is 2.13. The molecule has 2 heterocycles. The zero-order valence-electron chi connectivity index (χ0n) is 12.7. The fourth-order valence-corrected chi connectivity index (χ4v) is 2.67. The molecule has 0 saturated carbocycles. The normalized spacial score (nSPS) is 16.1. The number of likely N-dealkylation sites (tertiary alicyclic amines) is 1. The van der Waals surface area contributed by atoms with E-state index in [1.165, 1.54) is 32.4 Å². The second kappa shape index (κ2) is 8.04. The Morgan fingerprint density at radius 2 is 2.05 bits per heavy atom. The molecular weight excluding hydrogens is 252 g/mol. The standard InChI is InChI=1S/C15H26N4O/c1-3-7-13-14(16-2)17-12-18-15(13)20-11-10-19-8-5-4-6-9-19/h12H,3-11H2,1-2H3,(H,16,17,18). The van der Waals surface area contributed by atoms with Gasteiger partial charge >= 0.3 is 0 Å². The van der Waals surface area contributed by atoms with E-state index in [0.29, 0.717) is 6.61 Å². The van der Waals surface area contributed by atoms with Crippen LogP contribution in [0.2, 0.25) is 0 Å². The summed E-state index contributed by atoms with van der Waals surface area (Å²) in [6, 6.07) is 0. The summed E-state index contributed by atoms with van der Waals surface area (Å²) in [4.78, 5) is 11.0. The topological polar surface area (TPSA) is 50.3 Å². The summed E-state index contributed by atoms with van der Waals surface area (Å²) in [5.41, 5.74) is 1.09. The molecule has 1 aliphatic rings. The Hall–Kier alpha value is -1.36. The predicted octanol–water partition coefficient (Wildman–Crippen LogP) is 2.34. The third-order valence-corrected chi connectivity index (χ3v) is 3.74. The summed E-state index contributed by atoms with van der Waals surface area (Å²) in [7, 11) is 1.89. The second-order valence-electron chi connectivity index (χ2n) is 5.26. The van der Waals surface area contributed by atoms with E-state index >= 15 is 0 Å². The number of anilines is 1. The molecule has 0 unspecified atom stereocenters. The van der Waals surface area contributed by atoms with E-state index in [9.17, 15) is 0 Å². The molecule has 5 nitrogen and oxygen atoms in total. The van der Waals surface area contributed by atoms with E-state index in [1.807, 2.05) is 7.05 Å². The van der Waals surface area contributed by atoms with E-state index in [1.54, 1.807) is 6.33 Å². The molecule has 0 spiro atoms. The maximum absolute atomic E-state index is 5.90. The smallest absolute Gasteiger partial charge is 0.221 e. The van der Waals surface area contributed by atoms with E-state index in [4.69, 9.17) is 4.74 Å². The van der Waals surface area contributed by atoms with Crippen LogP contribution in [0.15, 0.2) is 6.33 Å². The van der Waals surface area contributed by atoms with Gasteiger partial charge in [0.25, 0.3) is 0 Å². The number of piperidine rings is 1. The number of nitrogens with zero attached hydrogens (tertiary/aromatic N) is 3. The van der Waals surface area contributed by atoms with Crippen LogP contribution < -0.4 is 10.1 Å². The molecule has 20 heavy (non-hydrogen) atoms. The Balaban J connectivity index is 1.90. The first-order valence-electron chi connectivity index (χ1n) is 7.72. The van der Waals surface area contributed by atoms with Crippen molar-refractivity contribution in [1.82, 2.24) is 14.9 Å². The molecule has 1 aromatic rings. The highest BCUT2D eigenvalue weighted by atomic mass is 16.5. The van der Waals surface area contributed by atoms with Gasteiger partial charge in [-0.3, -0.25) is 4.90 Å². The number of hydrogen-bond donors (Lipinski definition) is 1. The number of nitrogens with one attached hydrogen (secondary N) is 1. The first-order chi connectivity index (χ1) is 9.85. The monoisotopic (exact) mass is 278 g/mol. The maximum Gasteiger partial charge on any atom is 0.221 e. The summed E-state index contributed by atoms with van der Waals surface area (Å²) in [5, 5.41) is 3.12. The number of rotatable bonds is 7. The van der Waals surface area contributed by atoms with Gasteiger partial charge in [0, 0.05) is 13.6 Å². The Bertz CT molecular complexity index is 405. The zero-order chi connectivity index (χ0) is 14.2. The van der Waals surface area contributed by atoms with Gasteiger partial charge in [-0.1, -0.05) is 19.8 Å². The molecule has 0 amide bonds. The van der Waals surface area contributed by atoms with Crippen molar-refractivity contribution < 1.29 is 4.74 Å². The minimum absolute atomic E-state index is 0.705. The summed E-state index contributed by atoms with van der Waals surface area (Å²) >= 11 is 0. The van der Waals surface area contributed by atoms with Gasteiger partial charge in [-0.05, 0) is 32.4 Å². The average molecular weight is 278 g/mol. The van der Waals surface area contributed by atoms with Crippen LogP contribution in [0.4, 0.5) is 5.82 Å². The van der Waals surface area contributed by atoms with Gasteiger partial charge in [-0.25, -0.2) is 9.97 Å². The molecular formula is C15H26N4O. The Kier molecular flexibility index (Phi) is 6.05. The summed E-state index contributed by atoms with van der Waals surface area (Å²) in [6.45, 7) is 6.26. The third kappa shape index (κ3) is 4.07. The molecule has 1 N–H and O–H groups in total. The molecule has 1 saturated heterocycles. The van der Waals surface area contributed by atoms with Crippen LogP contribution in [0.1, 0.15) is 38.2 Å². The Labute approximate surface area is 121 Å². The molecule has 1 aliphatic heterocycles. The van der Waals surface area contributed by atoms with Gasteiger partial charge in [0.05, 0.1) is 5.56 Å². The SMILES string of the molecule is CCCc1c(NC)ncnc1OCCN1CCCCC1. The van der Waals surface area contributed by atoms with Gasteiger partial charge < -0.3 is 10.1 Å². The molecule has 5 heteroatoms. The van der Waals surface area contributed by atoms with Gasteiger partial charge in [0.15, 0.2) is 0 Å². The predicted molar refractivity (Wildman–Crippen MR) is 81.4 cm³/mol. The summed E-state index contributed by atoms with van der Waals surface area (Å²) < 4.78 is 5.90. The van der Waals surface area contributed by atoms with Crippen LogP contribution in [0.3, 0.4) is 0 Å². The Morgan fingerprint density at radius 3 is 2.75 bits per heavy atom. The Morgan fingerprint density at radius 1 is 1.25 bits per heavy atom. The zero-order valence-corrected chi connectivity index (χ0v) is 12.7. The molecule has 0 aromatic carbocycles. The fourth-order valence-electron chi connectivity index (χ4n) is 2.67. The summed E-state index contributed by atoms with van der Waals surface area (Å²) in [5.74, 6) is 1.62. The van der Waals surface area contributed by atoms with Crippen molar-refractivity contribution in [2.45, 2.75) is 39.0 Å². The van der Waals surface area contributed by atoms with Gasteiger partial charge in [-0.2, -0.15) is 0 Å². The van der Waals surface area contributed by atoms with Crippen LogP contribution in [-0.2, 0) is 6.42 Å². The van der Waals surface area contributed by atoms with Crippen LogP contribution in [0.5, 0.6) is 5.88 Å². The van der Waals surface area contributed by atoms with Crippen molar-refractivity contribution in [3.63, 3.8) is 0 Å².